The highest BCUT2D eigenvalue weighted by Crippen LogP contribution is 2.08. The molecule has 0 atom stereocenters. The zero-order valence-corrected chi connectivity index (χ0v) is 13.1. The summed E-state index contributed by atoms with van der Waals surface area (Å²) in [7, 11) is 0. The maximum Gasteiger partial charge on any atom is 0.129 e. The third-order valence-corrected chi connectivity index (χ3v) is 4.10. The maximum atomic E-state index is 10.8. The summed E-state index contributed by atoms with van der Waals surface area (Å²) in [5.74, 6) is 0.323. The first kappa shape index (κ1) is 17.6. The first-order chi connectivity index (χ1) is 9.72. The van der Waals surface area contributed by atoms with Crippen molar-refractivity contribution in [2.45, 2.75) is 51.9 Å². The van der Waals surface area contributed by atoms with E-state index in [2.05, 4.69) is 9.80 Å². The SMILES string of the molecule is CC(=O)CCCCCCCN1CCN(CCCO)CC1. The molecule has 0 aromatic heterocycles. The minimum atomic E-state index is 0.309. The summed E-state index contributed by atoms with van der Waals surface area (Å²) in [6, 6.07) is 0. The summed E-state index contributed by atoms with van der Waals surface area (Å²) in [6.45, 7) is 8.91. The molecule has 118 valence electrons. The average Bonchev–Trinajstić information content (AvgIpc) is 2.45. The third kappa shape index (κ3) is 8.67. The fourth-order valence-corrected chi connectivity index (χ4v) is 2.77. The van der Waals surface area contributed by atoms with E-state index in [1.165, 1.54) is 45.3 Å². The molecule has 0 aliphatic carbocycles. The topological polar surface area (TPSA) is 43.8 Å². The summed E-state index contributed by atoms with van der Waals surface area (Å²) in [6.07, 6.45) is 7.78. The Labute approximate surface area is 124 Å². The molecule has 1 heterocycles. The molecule has 0 saturated carbocycles. The highest BCUT2D eigenvalue weighted by atomic mass is 16.3. The zero-order valence-electron chi connectivity index (χ0n) is 13.1. The lowest BCUT2D eigenvalue weighted by atomic mass is 10.1. The smallest absolute Gasteiger partial charge is 0.129 e. The molecule has 0 aromatic carbocycles. The number of Topliss-reactive ketones (excluding diaryl/α,β-unsaturated/α-hetero) is 1. The molecule has 0 bridgehead atoms. The van der Waals surface area contributed by atoms with Gasteiger partial charge in [-0.2, -0.15) is 0 Å². The van der Waals surface area contributed by atoms with E-state index < -0.39 is 0 Å². The molecule has 1 saturated heterocycles. The van der Waals surface area contributed by atoms with Crippen LogP contribution >= 0.6 is 0 Å². The van der Waals surface area contributed by atoms with Crippen LogP contribution in [0.25, 0.3) is 0 Å². The van der Waals surface area contributed by atoms with Crippen molar-refractivity contribution in [2.24, 2.45) is 0 Å². The Morgan fingerprint density at radius 1 is 0.850 bits per heavy atom. The first-order valence-electron chi connectivity index (χ1n) is 8.27. The second kappa shape index (κ2) is 11.2. The fourth-order valence-electron chi connectivity index (χ4n) is 2.77. The van der Waals surface area contributed by atoms with Crippen LogP contribution in [0.3, 0.4) is 0 Å². The highest BCUT2D eigenvalue weighted by molar-refractivity contribution is 5.75. The van der Waals surface area contributed by atoms with Crippen LogP contribution in [-0.2, 0) is 4.79 Å². The zero-order chi connectivity index (χ0) is 14.6. The molecule has 1 aliphatic rings. The molecule has 0 amide bonds. The summed E-state index contributed by atoms with van der Waals surface area (Å²) in [5.41, 5.74) is 0. The van der Waals surface area contributed by atoms with Crippen molar-refractivity contribution >= 4 is 5.78 Å². The Hall–Kier alpha value is -0.450. The molecule has 0 unspecified atom stereocenters. The van der Waals surface area contributed by atoms with E-state index in [0.29, 0.717) is 12.4 Å². The minimum Gasteiger partial charge on any atom is -0.396 e. The van der Waals surface area contributed by atoms with Crippen LogP contribution < -0.4 is 0 Å². The van der Waals surface area contributed by atoms with Crippen LogP contribution in [0.2, 0.25) is 0 Å². The van der Waals surface area contributed by atoms with Crippen LogP contribution in [0.15, 0.2) is 0 Å². The second-order valence-electron chi connectivity index (χ2n) is 5.98. The van der Waals surface area contributed by atoms with Gasteiger partial charge in [-0.3, -0.25) is 0 Å². The molecule has 1 aliphatic heterocycles. The van der Waals surface area contributed by atoms with Gasteiger partial charge in [0.15, 0.2) is 0 Å². The van der Waals surface area contributed by atoms with Crippen LogP contribution in [0, 0.1) is 0 Å². The van der Waals surface area contributed by atoms with E-state index >= 15 is 0 Å². The number of piperazine rings is 1. The number of rotatable bonds is 11. The third-order valence-electron chi connectivity index (χ3n) is 4.10. The number of carbonyl (C=O) groups is 1. The van der Waals surface area contributed by atoms with Crippen molar-refractivity contribution in [3.05, 3.63) is 0 Å². The van der Waals surface area contributed by atoms with Crippen molar-refractivity contribution in [3.63, 3.8) is 0 Å². The molecule has 0 radical (unpaired) electrons. The molecule has 20 heavy (non-hydrogen) atoms. The van der Waals surface area contributed by atoms with Gasteiger partial charge < -0.3 is 19.7 Å². The van der Waals surface area contributed by atoms with Crippen LogP contribution in [0.1, 0.15) is 51.9 Å². The summed E-state index contributed by atoms with van der Waals surface area (Å²) in [5, 5.41) is 8.83. The Morgan fingerprint density at radius 2 is 1.35 bits per heavy atom. The predicted molar refractivity (Wildman–Crippen MR) is 83.0 cm³/mol. The largest absolute Gasteiger partial charge is 0.396 e. The minimum absolute atomic E-state index is 0.309. The Balaban J connectivity index is 1.90. The van der Waals surface area contributed by atoms with Crippen molar-refractivity contribution in [1.29, 1.82) is 0 Å². The van der Waals surface area contributed by atoms with E-state index in [9.17, 15) is 4.79 Å². The van der Waals surface area contributed by atoms with Crippen molar-refractivity contribution in [3.8, 4) is 0 Å². The maximum absolute atomic E-state index is 10.8. The number of hydrogen-bond donors (Lipinski definition) is 1. The Bertz CT molecular complexity index is 251. The average molecular weight is 284 g/mol. The normalized spacial score (nSPS) is 17.5. The molecular weight excluding hydrogens is 252 g/mol. The Kier molecular flexibility index (Phi) is 9.89. The van der Waals surface area contributed by atoms with E-state index in [0.717, 1.165) is 38.9 Å². The molecule has 1 N–H and O–H groups in total. The lowest BCUT2D eigenvalue weighted by molar-refractivity contribution is -0.117. The molecule has 0 spiro atoms. The Morgan fingerprint density at radius 3 is 1.90 bits per heavy atom. The van der Waals surface area contributed by atoms with Crippen molar-refractivity contribution < 1.29 is 9.90 Å². The number of ketones is 1. The fraction of sp³-hybridized carbons (Fsp3) is 0.938. The van der Waals surface area contributed by atoms with Gasteiger partial charge >= 0.3 is 0 Å². The first-order valence-corrected chi connectivity index (χ1v) is 8.27. The number of unbranched alkanes of at least 4 members (excludes halogenated alkanes) is 4. The summed E-state index contributed by atoms with van der Waals surface area (Å²) >= 11 is 0. The predicted octanol–water partition coefficient (Wildman–Crippen LogP) is 1.92. The van der Waals surface area contributed by atoms with E-state index in [-0.39, 0.29) is 0 Å². The van der Waals surface area contributed by atoms with Crippen LogP contribution in [0.4, 0.5) is 0 Å². The van der Waals surface area contributed by atoms with Crippen LogP contribution in [0.5, 0.6) is 0 Å². The monoisotopic (exact) mass is 284 g/mol. The number of aliphatic hydroxyl groups is 1. The lowest BCUT2D eigenvalue weighted by Crippen LogP contribution is -2.46. The van der Waals surface area contributed by atoms with Gasteiger partial charge in [0.05, 0.1) is 0 Å². The lowest BCUT2D eigenvalue weighted by Gasteiger charge is -2.34. The molecule has 4 heteroatoms. The molecule has 1 fully saturated rings. The van der Waals surface area contributed by atoms with Gasteiger partial charge in [-0.05, 0) is 32.7 Å². The summed E-state index contributed by atoms with van der Waals surface area (Å²) in [4.78, 5) is 15.8. The molecule has 4 nitrogen and oxygen atoms in total. The van der Waals surface area contributed by atoms with Gasteiger partial charge in [-0.25, -0.2) is 0 Å². The quantitative estimate of drug-likeness (QED) is 0.589. The molecule has 0 aromatic rings. The van der Waals surface area contributed by atoms with E-state index in [1.54, 1.807) is 6.92 Å². The molecular formula is C16H32N2O2. The van der Waals surface area contributed by atoms with Gasteiger partial charge in [-0.15, -0.1) is 0 Å². The highest BCUT2D eigenvalue weighted by Gasteiger charge is 2.15. The number of aliphatic hydroxyl groups excluding tert-OH is 1. The molecule has 1 rings (SSSR count). The van der Waals surface area contributed by atoms with E-state index in [1.807, 2.05) is 0 Å². The number of carbonyl (C=O) groups excluding carboxylic acids is 1. The van der Waals surface area contributed by atoms with Crippen molar-refractivity contribution in [1.82, 2.24) is 9.80 Å². The van der Waals surface area contributed by atoms with Gasteiger partial charge in [0.1, 0.15) is 5.78 Å². The van der Waals surface area contributed by atoms with Gasteiger partial charge in [0.25, 0.3) is 0 Å². The standard InChI is InChI=1S/C16H32N2O2/c1-16(20)8-5-3-2-4-6-9-17-11-13-18(14-12-17)10-7-15-19/h19H,2-15H2,1H3. The van der Waals surface area contributed by atoms with Gasteiger partial charge in [-0.1, -0.05) is 19.3 Å². The van der Waals surface area contributed by atoms with Crippen molar-refractivity contribution in [2.75, 3.05) is 45.9 Å². The number of hydrogen-bond acceptors (Lipinski definition) is 4. The van der Waals surface area contributed by atoms with Gasteiger partial charge in [0.2, 0.25) is 0 Å². The van der Waals surface area contributed by atoms with Crippen LogP contribution in [-0.4, -0.2) is 66.6 Å². The van der Waals surface area contributed by atoms with E-state index in [4.69, 9.17) is 5.11 Å². The summed E-state index contributed by atoms with van der Waals surface area (Å²) < 4.78 is 0. The number of nitrogens with zero attached hydrogens (tertiary/aromatic N) is 2. The second-order valence-corrected chi connectivity index (χ2v) is 5.98. The van der Waals surface area contributed by atoms with Gasteiger partial charge in [0, 0.05) is 45.8 Å².